The van der Waals surface area contributed by atoms with Gasteiger partial charge in [-0.15, -0.1) is 0 Å². The average Bonchev–Trinajstić information content (AvgIpc) is 2.64. The Hall–Kier alpha value is -2.08. The van der Waals surface area contributed by atoms with E-state index in [4.69, 9.17) is 4.74 Å². The molecular formula is C23H35N3O3. The Morgan fingerprint density at radius 1 is 1.07 bits per heavy atom. The summed E-state index contributed by atoms with van der Waals surface area (Å²) in [6, 6.07) is 10.2. The molecule has 1 aliphatic carbocycles. The second-order valence-corrected chi connectivity index (χ2v) is 9.22. The van der Waals surface area contributed by atoms with Crippen molar-refractivity contribution in [1.82, 2.24) is 15.1 Å². The molecule has 0 unspecified atom stereocenters. The van der Waals surface area contributed by atoms with Gasteiger partial charge in [0, 0.05) is 32.7 Å². The second-order valence-electron chi connectivity index (χ2n) is 9.22. The first-order valence-corrected chi connectivity index (χ1v) is 10.8. The van der Waals surface area contributed by atoms with Gasteiger partial charge in [-0.25, -0.2) is 4.79 Å². The summed E-state index contributed by atoms with van der Waals surface area (Å²) in [7, 11) is 0. The zero-order valence-electron chi connectivity index (χ0n) is 18.1. The van der Waals surface area contributed by atoms with Gasteiger partial charge < -0.3 is 15.0 Å². The molecule has 0 bridgehead atoms. The van der Waals surface area contributed by atoms with E-state index in [-0.39, 0.29) is 17.4 Å². The van der Waals surface area contributed by atoms with Crippen LogP contribution in [0.25, 0.3) is 0 Å². The average molecular weight is 402 g/mol. The van der Waals surface area contributed by atoms with Crippen LogP contribution >= 0.6 is 0 Å². The smallest absolute Gasteiger partial charge is 0.410 e. The largest absolute Gasteiger partial charge is 0.444 e. The van der Waals surface area contributed by atoms with Gasteiger partial charge in [-0.3, -0.25) is 9.69 Å². The first-order valence-electron chi connectivity index (χ1n) is 10.8. The Morgan fingerprint density at radius 2 is 1.72 bits per heavy atom. The van der Waals surface area contributed by atoms with Crippen LogP contribution in [0.1, 0.15) is 52.0 Å². The SMILES string of the molecule is CC(C)(C)OC(=O)N1CCN(CCCNC(=O)C2(c3ccccc3)CCC2)CC1. The van der Waals surface area contributed by atoms with Gasteiger partial charge in [0.15, 0.2) is 0 Å². The summed E-state index contributed by atoms with van der Waals surface area (Å²) >= 11 is 0. The Kier molecular flexibility index (Phi) is 6.83. The number of amides is 2. The molecule has 6 heteroatoms. The van der Waals surface area contributed by atoms with Crippen molar-refractivity contribution in [2.45, 2.75) is 57.5 Å². The van der Waals surface area contributed by atoms with Crippen molar-refractivity contribution in [2.75, 3.05) is 39.3 Å². The monoisotopic (exact) mass is 401 g/mol. The van der Waals surface area contributed by atoms with Crippen LogP contribution in [0.3, 0.4) is 0 Å². The summed E-state index contributed by atoms with van der Waals surface area (Å²) in [5, 5.41) is 3.17. The minimum Gasteiger partial charge on any atom is -0.444 e. The van der Waals surface area contributed by atoms with Crippen molar-refractivity contribution in [2.24, 2.45) is 0 Å². The fourth-order valence-corrected chi connectivity index (χ4v) is 4.09. The maximum Gasteiger partial charge on any atom is 0.410 e. The Bertz CT molecular complexity index is 687. The van der Waals surface area contributed by atoms with Gasteiger partial charge in [0.25, 0.3) is 0 Å². The first-order chi connectivity index (χ1) is 13.8. The molecular weight excluding hydrogens is 366 g/mol. The maximum atomic E-state index is 12.8. The zero-order chi connectivity index (χ0) is 20.9. The minimum absolute atomic E-state index is 0.171. The number of benzene rings is 1. The molecule has 2 fully saturated rings. The predicted molar refractivity (Wildman–Crippen MR) is 114 cm³/mol. The van der Waals surface area contributed by atoms with Crippen molar-refractivity contribution in [1.29, 1.82) is 0 Å². The van der Waals surface area contributed by atoms with Crippen LogP contribution in [0.5, 0.6) is 0 Å². The van der Waals surface area contributed by atoms with Crippen LogP contribution < -0.4 is 5.32 Å². The number of carbonyl (C=O) groups excluding carboxylic acids is 2. The number of nitrogens with zero attached hydrogens (tertiary/aromatic N) is 2. The van der Waals surface area contributed by atoms with E-state index in [1.807, 2.05) is 39.0 Å². The molecule has 0 atom stereocenters. The van der Waals surface area contributed by atoms with Gasteiger partial charge >= 0.3 is 6.09 Å². The summed E-state index contributed by atoms with van der Waals surface area (Å²) in [4.78, 5) is 29.1. The third-order valence-electron chi connectivity index (χ3n) is 5.93. The number of nitrogens with one attached hydrogen (secondary N) is 1. The maximum absolute atomic E-state index is 12.8. The van der Waals surface area contributed by atoms with Crippen LogP contribution in [-0.2, 0) is 14.9 Å². The van der Waals surface area contributed by atoms with Gasteiger partial charge in [-0.1, -0.05) is 36.8 Å². The molecule has 1 heterocycles. The second kappa shape index (κ2) is 9.16. The van der Waals surface area contributed by atoms with Crippen LogP contribution in [0.2, 0.25) is 0 Å². The molecule has 1 aromatic rings. The van der Waals surface area contributed by atoms with Crippen molar-refractivity contribution in [3.8, 4) is 0 Å². The fourth-order valence-electron chi connectivity index (χ4n) is 4.09. The third-order valence-corrected chi connectivity index (χ3v) is 5.93. The summed E-state index contributed by atoms with van der Waals surface area (Å²) in [5.74, 6) is 0.171. The lowest BCUT2D eigenvalue weighted by Gasteiger charge is -2.40. The van der Waals surface area contributed by atoms with Gasteiger partial charge in [0.05, 0.1) is 5.41 Å². The molecule has 0 aromatic heterocycles. The molecule has 1 aliphatic heterocycles. The van der Waals surface area contributed by atoms with E-state index in [2.05, 4.69) is 22.3 Å². The topological polar surface area (TPSA) is 61.9 Å². The van der Waals surface area contributed by atoms with Crippen LogP contribution in [0.15, 0.2) is 30.3 Å². The molecule has 1 saturated heterocycles. The van der Waals surface area contributed by atoms with Crippen LogP contribution in [0, 0.1) is 0 Å². The van der Waals surface area contributed by atoms with E-state index < -0.39 is 5.60 Å². The molecule has 160 valence electrons. The lowest BCUT2D eigenvalue weighted by atomic mass is 9.64. The number of hydrogen-bond acceptors (Lipinski definition) is 4. The molecule has 3 rings (SSSR count). The summed E-state index contributed by atoms with van der Waals surface area (Å²) in [5.41, 5.74) is 0.367. The lowest BCUT2D eigenvalue weighted by Crippen LogP contribution is -2.51. The quantitative estimate of drug-likeness (QED) is 0.744. The highest BCUT2D eigenvalue weighted by atomic mass is 16.6. The van der Waals surface area contributed by atoms with E-state index in [1.165, 1.54) is 0 Å². The van der Waals surface area contributed by atoms with Crippen molar-refractivity contribution in [3.05, 3.63) is 35.9 Å². The molecule has 2 amide bonds. The number of rotatable bonds is 6. The van der Waals surface area contributed by atoms with E-state index in [0.717, 1.165) is 50.9 Å². The Balaban J connectivity index is 1.36. The lowest BCUT2D eigenvalue weighted by molar-refractivity contribution is -0.129. The van der Waals surface area contributed by atoms with E-state index in [0.29, 0.717) is 19.6 Å². The fraction of sp³-hybridized carbons (Fsp3) is 0.652. The molecule has 0 radical (unpaired) electrons. The summed E-state index contributed by atoms with van der Waals surface area (Å²) in [6.07, 6.45) is 3.69. The molecule has 29 heavy (non-hydrogen) atoms. The minimum atomic E-state index is -0.454. The molecule has 2 aliphatic rings. The summed E-state index contributed by atoms with van der Waals surface area (Å²) < 4.78 is 5.44. The van der Waals surface area contributed by atoms with Crippen LogP contribution in [0.4, 0.5) is 4.79 Å². The number of ether oxygens (including phenoxy) is 1. The van der Waals surface area contributed by atoms with Crippen LogP contribution in [-0.4, -0.2) is 66.7 Å². The van der Waals surface area contributed by atoms with Crippen molar-refractivity contribution < 1.29 is 14.3 Å². The molecule has 1 saturated carbocycles. The van der Waals surface area contributed by atoms with Gasteiger partial charge in [0.1, 0.15) is 5.60 Å². The Morgan fingerprint density at radius 3 is 2.28 bits per heavy atom. The highest BCUT2D eigenvalue weighted by molar-refractivity contribution is 5.89. The highest BCUT2D eigenvalue weighted by Crippen LogP contribution is 2.43. The summed E-state index contributed by atoms with van der Waals surface area (Å²) in [6.45, 7) is 10.4. The van der Waals surface area contributed by atoms with Crippen molar-refractivity contribution in [3.63, 3.8) is 0 Å². The standard InChI is InChI=1S/C23H35N3O3/c1-22(2,3)29-21(28)26-17-15-25(16-18-26)14-8-13-24-20(27)23(11-7-12-23)19-9-5-4-6-10-19/h4-6,9-10H,7-8,11-18H2,1-3H3,(H,24,27). The van der Waals surface area contributed by atoms with Crippen molar-refractivity contribution >= 4 is 12.0 Å². The first kappa shape index (κ1) is 21.6. The molecule has 1 aromatic carbocycles. The molecule has 0 spiro atoms. The van der Waals surface area contributed by atoms with E-state index in [1.54, 1.807) is 4.90 Å². The van der Waals surface area contributed by atoms with Gasteiger partial charge in [0.2, 0.25) is 5.91 Å². The van der Waals surface area contributed by atoms with E-state index >= 15 is 0 Å². The van der Waals surface area contributed by atoms with Gasteiger partial charge in [-0.05, 0) is 52.1 Å². The van der Waals surface area contributed by atoms with E-state index in [9.17, 15) is 9.59 Å². The zero-order valence-corrected chi connectivity index (χ0v) is 18.1. The van der Waals surface area contributed by atoms with Gasteiger partial charge in [-0.2, -0.15) is 0 Å². The molecule has 6 nitrogen and oxygen atoms in total. The molecule has 1 N–H and O–H groups in total. The third kappa shape index (κ3) is 5.50. The highest BCUT2D eigenvalue weighted by Gasteiger charge is 2.45. The number of carbonyl (C=O) groups is 2. The number of hydrogen-bond donors (Lipinski definition) is 1. The predicted octanol–water partition coefficient (Wildman–Crippen LogP) is 3.17. The number of piperazine rings is 1. The Labute approximate surface area is 174 Å². The normalized spacial score (nSPS) is 19.3.